The Balaban J connectivity index is 1.88. The zero-order valence-corrected chi connectivity index (χ0v) is 16.4. The van der Waals surface area contributed by atoms with Gasteiger partial charge in [-0.3, -0.25) is 4.98 Å². The number of aryl methyl sites for hydroxylation is 2. The number of nitrogens with zero attached hydrogens (tertiary/aromatic N) is 1. The van der Waals surface area contributed by atoms with Gasteiger partial charge in [0.05, 0.1) is 5.69 Å². The monoisotopic (exact) mass is 377 g/mol. The van der Waals surface area contributed by atoms with Gasteiger partial charge in [0, 0.05) is 17.1 Å². The second kappa shape index (κ2) is 6.82. The van der Waals surface area contributed by atoms with Crippen molar-refractivity contribution in [2.45, 2.75) is 13.8 Å². The summed E-state index contributed by atoms with van der Waals surface area (Å²) in [6, 6.07) is 25.9. The number of benzene rings is 4. The fourth-order valence-corrected chi connectivity index (χ4v) is 4.25. The summed E-state index contributed by atoms with van der Waals surface area (Å²) in [6.07, 6.45) is 1.87. The van der Waals surface area contributed by atoms with Gasteiger partial charge in [-0.1, -0.05) is 53.6 Å². The van der Waals surface area contributed by atoms with Gasteiger partial charge in [-0.2, -0.15) is 0 Å². The van der Waals surface area contributed by atoms with Crippen LogP contribution in [-0.2, 0) is 0 Å². The number of rotatable bonds is 2. The quantitative estimate of drug-likeness (QED) is 0.291. The lowest BCUT2D eigenvalue weighted by atomic mass is 9.91. The zero-order valence-electron chi connectivity index (χ0n) is 16.4. The van der Waals surface area contributed by atoms with Crippen molar-refractivity contribution in [1.29, 1.82) is 0 Å². The fourth-order valence-electron chi connectivity index (χ4n) is 4.25. The van der Waals surface area contributed by atoms with Crippen molar-refractivity contribution in [1.82, 2.24) is 4.98 Å². The van der Waals surface area contributed by atoms with Crippen LogP contribution in [0.15, 0.2) is 85.1 Å². The molecule has 1 heterocycles. The molecule has 0 unspecified atom stereocenters. The van der Waals surface area contributed by atoms with Gasteiger partial charge >= 0.3 is 0 Å². The van der Waals surface area contributed by atoms with E-state index in [0.29, 0.717) is 0 Å². The average molecular weight is 377 g/mol. The molecule has 0 amide bonds. The van der Waals surface area contributed by atoms with Crippen LogP contribution in [0, 0.1) is 19.7 Å². The molecule has 0 spiro atoms. The van der Waals surface area contributed by atoms with Crippen molar-refractivity contribution < 1.29 is 4.39 Å². The van der Waals surface area contributed by atoms with E-state index in [1.165, 1.54) is 23.3 Å². The molecular formula is C27H20FN. The van der Waals surface area contributed by atoms with Crippen molar-refractivity contribution >= 4 is 21.5 Å². The highest BCUT2D eigenvalue weighted by molar-refractivity contribution is 6.17. The third-order valence-corrected chi connectivity index (χ3v) is 5.42. The molecule has 5 rings (SSSR count). The van der Waals surface area contributed by atoms with Gasteiger partial charge in [0.15, 0.2) is 0 Å². The van der Waals surface area contributed by atoms with Crippen LogP contribution in [0.25, 0.3) is 43.9 Å². The zero-order chi connectivity index (χ0) is 20.0. The van der Waals surface area contributed by atoms with Crippen molar-refractivity contribution in [3.05, 3.63) is 102 Å². The van der Waals surface area contributed by atoms with Crippen LogP contribution in [0.3, 0.4) is 0 Å². The molecule has 0 N–H and O–H groups in total. The Morgan fingerprint density at radius 3 is 2.10 bits per heavy atom. The lowest BCUT2D eigenvalue weighted by Crippen LogP contribution is -1.91. The normalized spacial score (nSPS) is 11.3. The third kappa shape index (κ3) is 3.07. The predicted molar refractivity (Wildman–Crippen MR) is 120 cm³/mol. The van der Waals surface area contributed by atoms with E-state index in [9.17, 15) is 4.39 Å². The first kappa shape index (κ1) is 17.6. The molecule has 140 valence electrons. The highest BCUT2D eigenvalue weighted by Crippen LogP contribution is 2.38. The maximum absolute atomic E-state index is 13.5. The molecule has 0 radical (unpaired) electrons. The minimum Gasteiger partial charge on any atom is -0.256 e. The summed E-state index contributed by atoms with van der Waals surface area (Å²) in [7, 11) is 0. The molecule has 0 atom stereocenters. The second-order valence-electron chi connectivity index (χ2n) is 7.61. The first-order valence-electron chi connectivity index (χ1n) is 9.75. The lowest BCUT2D eigenvalue weighted by Gasteiger charge is -2.14. The molecular weight excluding hydrogens is 357 g/mol. The van der Waals surface area contributed by atoms with Crippen LogP contribution >= 0.6 is 0 Å². The number of hydrogen-bond acceptors (Lipinski definition) is 1. The first-order valence-corrected chi connectivity index (χ1v) is 9.75. The Hall–Kier alpha value is -3.52. The van der Waals surface area contributed by atoms with Crippen molar-refractivity contribution in [3.63, 3.8) is 0 Å². The topological polar surface area (TPSA) is 12.9 Å². The van der Waals surface area contributed by atoms with Crippen LogP contribution < -0.4 is 0 Å². The van der Waals surface area contributed by atoms with Gasteiger partial charge in [0.1, 0.15) is 5.82 Å². The maximum Gasteiger partial charge on any atom is 0.123 e. The van der Waals surface area contributed by atoms with Crippen molar-refractivity contribution in [2.24, 2.45) is 0 Å². The molecule has 0 aliphatic heterocycles. The Morgan fingerprint density at radius 1 is 0.690 bits per heavy atom. The Labute approximate surface area is 169 Å². The molecule has 1 aromatic heterocycles. The van der Waals surface area contributed by atoms with Gasteiger partial charge in [-0.15, -0.1) is 0 Å². The molecule has 4 aromatic carbocycles. The van der Waals surface area contributed by atoms with E-state index < -0.39 is 0 Å². The molecule has 0 bridgehead atoms. The van der Waals surface area contributed by atoms with E-state index in [1.54, 1.807) is 0 Å². The summed E-state index contributed by atoms with van der Waals surface area (Å²) >= 11 is 0. The van der Waals surface area contributed by atoms with E-state index >= 15 is 0 Å². The van der Waals surface area contributed by atoms with Gasteiger partial charge < -0.3 is 0 Å². The van der Waals surface area contributed by atoms with Crippen LogP contribution in [0.4, 0.5) is 4.39 Å². The number of halogens is 1. The third-order valence-electron chi connectivity index (χ3n) is 5.42. The summed E-state index contributed by atoms with van der Waals surface area (Å²) in [5.74, 6) is -0.222. The number of fused-ring (bicyclic) bond motifs is 3. The highest BCUT2D eigenvalue weighted by Gasteiger charge is 2.14. The Morgan fingerprint density at radius 2 is 1.38 bits per heavy atom. The molecule has 29 heavy (non-hydrogen) atoms. The Bertz CT molecular complexity index is 1350. The van der Waals surface area contributed by atoms with Crippen molar-refractivity contribution in [3.8, 4) is 22.4 Å². The second-order valence-corrected chi connectivity index (χ2v) is 7.61. The highest BCUT2D eigenvalue weighted by atomic mass is 19.1. The maximum atomic E-state index is 13.5. The molecule has 2 heteroatoms. The van der Waals surface area contributed by atoms with Gasteiger partial charge in [-0.05, 0) is 77.5 Å². The van der Waals surface area contributed by atoms with Crippen molar-refractivity contribution in [2.75, 3.05) is 0 Å². The van der Waals surface area contributed by atoms with E-state index in [1.807, 2.05) is 24.4 Å². The summed E-state index contributed by atoms with van der Waals surface area (Å²) in [4.78, 5) is 4.77. The minimum absolute atomic E-state index is 0.222. The van der Waals surface area contributed by atoms with E-state index in [-0.39, 0.29) is 5.82 Å². The fraction of sp³-hybridized carbons (Fsp3) is 0.0741. The van der Waals surface area contributed by atoms with E-state index in [2.05, 4.69) is 62.4 Å². The minimum atomic E-state index is -0.222. The van der Waals surface area contributed by atoms with Gasteiger partial charge in [-0.25, -0.2) is 4.39 Å². The molecule has 0 aliphatic carbocycles. The summed E-state index contributed by atoms with van der Waals surface area (Å²) in [5.41, 5.74) is 6.70. The first-order chi connectivity index (χ1) is 14.1. The van der Waals surface area contributed by atoms with Crippen LogP contribution in [0.1, 0.15) is 11.1 Å². The molecule has 5 aromatic rings. The summed E-state index contributed by atoms with van der Waals surface area (Å²) in [5, 5.41) is 4.59. The predicted octanol–water partition coefficient (Wildman–Crippen LogP) is 7.48. The number of pyridine rings is 1. The van der Waals surface area contributed by atoms with Gasteiger partial charge in [0.25, 0.3) is 0 Å². The Kier molecular flexibility index (Phi) is 4.13. The molecule has 0 aliphatic rings. The molecule has 0 saturated heterocycles. The van der Waals surface area contributed by atoms with Crippen LogP contribution in [0.2, 0.25) is 0 Å². The SMILES string of the molecule is Cc1cc(C)cc(-c2nccc3cc(-c4ccc(F)cc4)c4ccccc4c23)c1. The largest absolute Gasteiger partial charge is 0.256 e. The summed E-state index contributed by atoms with van der Waals surface area (Å²) in [6.45, 7) is 4.23. The lowest BCUT2D eigenvalue weighted by molar-refractivity contribution is 0.628. The van der Waals surface area contributed by atoms with Gasteiger partial charge in [0.2, 0.25) is 0 Å². The summed E-state index contributed by atoms with van der Waals surface area (Å²) < 4.78 is 13.5. The average Bonchev–Trinajstić information content (AvgIpc) is 2.72. The molecule has 0 fully saturated rings. The van der Waals surface area contributed by atoms with E-state index in [4.69, 9.17) is 4.98 Å². The number of hydrogen-bond donors (Lipinski definition) is 0. The smallest absolute Gasteiger partial charge is 0.123 e. The molecule has 0 saturated carbocycles. The number of aromatic nitrogens is 1. The van der Waals surface area contributed by atoms with Crippen LogP contribution in [0.5, 0.6) is 0 Å². The standard InChI is InChI=1S/C27H20FN/c1-17-13-18(2)15-21(14-17)27-26-20(11-12-29-27)16-25(19-7-9-22(28)10-8-19)23-5-3-4-6-24(23)26/h3-16H,1-2H3. The molecule has 1 nitrogen and oxygen atoms in total. The van der Waals surface area contributed by atoms with E-state index in [0.717, 1.165) is 43.9 Å². The van der Waals surface area contributed by atoms with Crippen LogP contribution in [-0.4, -0.2) is 4.98 Å².